The van der Waals surface area contributed by atoms with E-state index in [0.29, 0.717) is 0 Å². The minimum Gasteiger partial charge on any atom is -0.418 e. The first kappa shape index (κ1) is 22.6. The fourth-order valence-corrected chi connectivity index (χ4v) is 7.77. The number of carbonyl (C=O) groups excluding carboxylic acids is 1. The number of amides is 1. The normalized spacial score (nSPS) is 12.3. The summed E-state index contributed by atoms with van der Waals surface area (Å²) in [5, 5.41) is 6.85. The lowest BCUT2D eigenvalue weighted by molar-refractivity contribution is -0.109. The van der Waals surface area contributed by atoms with Crippen LogP contribution >= 0.6 is 7.26 Å². The smallest absolute Gasteiger partial charge is 0.418 e. The first-order valence-electron chi connectivity index (χ1n) is 8.92. The highest BCUT2D eigenvalue weighted by atomic mass is 31.2. The molecule has 0 radical (unpaired) electrons. The van der Waals surface area contributed by atoms with Crippen LogP contribution in [0.3, 0.4) is 0 Å². The second-order valence-electron chi connectivity index (χ2n) is 6.18. The van der Waals surface area contributed by atoms with Gasteiger partial charge in [0.15, 0.2) is 5.78 Å². The summed E-state index contributed by atoms with van der Waals surface area (Å²) in [5.41, 5.74) is 0. The summed E-state index contributed by atoms with van der Waals surface area (Å²) < 4.78 is 39.0. The Morgan fingerprint density at radius 3 is 1.24 bits per heavy atom. The number of benzene rings is 3. The van der Waals surface area contributed by atoms with E-state index in [9.17, 15) is 22.1 Å². The molecule has 0 aliphatic carbocycles. The molecule has 1 N–H and O–H groups in total. The van der Waals surface area contributed by atoms with Gasteiger partial charge in [0.2, 0.25) is 6.41 Å². The molecule has 0 saturated carbocycles. The van der Waals surface area contributed by atoms with Crippen LogP contribution < -0.4 is 21.2 Å². The second-order valence-corrected chi connectivity index (χ2v) is 9.95. The zero-order valence-corrected chi connectivity index (χ0v) is 16.7. The molecule has 0 bridgehead atoms. The zero-order valence-electron chi connectivity index (χ0n) is 15.8. The van der Waals surface area contributed by atoms with Crippen LogP contribution in [-0.2, 0) is 4.79 Å². The SMILES string of the molecule is C[C@@H](NC=O)[P+](c1ccccc1)(c1ccccc1)c1ccccc1.F[B-](F)(F)F. The molecule has 152 valence electrons. The monoisotopic (exact) mass is 421 g/mol. The summed E-state index contributed by atoms with van der Waals surface area (Å²) in [6.07, 6.45) is 0.814. The van der Waals surface area contributed by atoms with Crippen molar-refractivity contribution in [1.29, 1.82) is 0 Å². The van der Waals surface area contributed by atoms with Gasteiger partial charge in [0.1, 0.15) is 23.2 Å². The van der Waals surface area contributed by atoms with E-state index in [2.05, 4.69) is 85.0 Å². The third-order valence-corrected chi connectivity index (χ3v) is 9.03. The Bertz CT molecular complexity index is 777. The molecule has 29 heavy (non-hydrogen) atoms. The topological polar surface area (TPSA) is 29.1 Å². The lowest BCUT2D eigenvalue weighted by Crippen LogP contribution is -2.43. The van der Waals surface area contributed by atoms with Gasteiger partial charge in [-0.2, -0.15) is 0 Å². The highest BCUT2D eigenvalue weighted by Crippen LogP contribution is 2.58. The first-order valence-corrected chi connectivity index (χ1v) is 10.8. The number of carbonyl (C=O) groups is 1. The molecular formula is C21H21BF4NOP. The molecule has 0 fully saturated rings. The van der Waals surface area contributed by atoms with Gasteiger partial charge in [0.05, 0.1) is 0 Å². The van der Waals surface area contributed by atoms with E-state index in [-0.39, 0.29) is 5.78 Å². The maximum atomic E-state index is 11.3. The maximum absolute atomic E-state index is 11.3. The van der Waals surface area contributed by atoms with Crippen LogP contribution in [0.2, 0.25) is 0 Å². The Kier molecular flexibility index (Phi) is 7.97. The summed E-state index contributed by atoms with van der Waals surface area (Å²) in [7, 11) is -8.00. The Morgan fingerprint density at radius 1 is 0.724 bits per heavy atom. The van der Waals surface area contributed by atoms with Crippen molar-refractivity contribution in [2.24, 2.45) is 0 Å². The molecule has 2 nitrogen and oxygen atoms in total. The van der Waals surface area contributed by atoms with Crippen LogP contribution in [0.1, 0.15) is 6.92 Å². The second kappa shape index (κ2) is 10.2. The Labute approximate surface area is 168 Å². The Morgan fingerprint density at radius 2 is 1.00 bits per heavy atom. The predicted molar refractivity (Wildman–Crippen MR) is 114 cm³/mol. The molecule has 0 aromatic heterocycles. The molecule has 1 atom stereocenters. The van der Waals surface area contributed by atoms with Crippen LogP contribution in [-0.4, -0.2) is 19.4 Å². The number of halogens is 4. The molecule has 1 amide bonds. The van der Waals surface area contributed by atoms with Gasteiger partial charge in [-0.05, 0) is 43.3 Å². The Balaban J connectivity index is 0.000000537. The summed E-state index contributed by atoms with van der Waals surface area (Å²) in [6.45, 7) is 2.11. The molecule has 0 unspecified atom stereocenters. The zero-order chi connectivity index (χ0) is 21.3. The predicted octanol–water partition coefficient (Wildman–Crippen LogP) is 4.37. The fourth-order valence-electron chi connectivity index (χ4n) is 3.32. The van der Waals surface area contributed by atoms with E-state index < -0.39 is 14.5 Å². The van der Waals surface area contributed by atoms with Crippen molar-refractivity contribution in [3.05, 3.63) is 91.0 Å². The highest BCUT2D eigenvalue weighted by Gasteiger charge is 2.50. The maximum Gasteiger partial charge on any atom is 0.673 e. The van der Waals surface area contributed by atoms with Crippen molar-refractivity contribution in [2.45, 2.75) is 12.7 Å². The number of rotatable bonds is 6. The van der Waals surface area contributed by atoms with Gasteiger partial charge in [0.25, 0.3) is 0 Å². The van der Waals surface area contributed by atoms with E-state index in [0.717, 1.165) is 6.41 Å². The molecule has 0 saturated heterocycles. The quantitative estimate of drug-likeness (QED) is 0.272. The van der Waals surface area contributed by atoms with Crippen LogP contribution in [0.4, 0.5) is 17.3 Å². The average molecular weight is 421 g/mol. The van der Waals surface area contributed by atoms with Crippen molar-refractivity contribution in [3.8, 4) is 0 Å². The van der Waals surface area contributed by atoms with Gasteiger partial charge in [-0.3, -0.25) is 4.79 Å². The fraction of sp³-hybridized carbons (Fsp3) is 0.0952. The van der Waals surface area contributed by atoms with Gasteiger partial charge < -0.3 is 22.6 Å². The summed E-state index contributed by atoms with van der Waals surface area (Å²) in [5.74, 6) is 0.00204. The first-order chi connectivity index (χ1) is 13.8. The van der Waals surface area contributed by atoms with E-state index in [1.165, 1.54) is 15.9 Å². The third-order valence-electron chi connectivity index (χ3n) is 4.38. The molecule has 0 aliphatic heterocycles. The van der Waals surface area contributed by atoms with Crippen molar-refractivity contribution in [3.63, 3.8) is 0 Å². The molecule has 3 aromatic rings. The molecule has 0 heterocycles. The van der Waals surface area contributed by atoms with Gasteiger partial charge in [-0.15, -0.1) is 0 Å². The average Bonchev–Trinajstić information content (AvgIpc) is 2.70. The molecule has 0 spiro atoms. The van der Waals surface area contributed by atoms with E-state index >= 15 is 0 Å². The summed E-state index contributed by atoms with van der Waals surface area (Å²) >= 11 is 0. The minimum atomic E-state index is -6.00. The van der Waals surface area contributed by atoms with Crippen LogP contribution in [0, 0.1) is 0 Å². The van der Waals surface area contributed by atoms with Crippen molar-refractivity contribution < 1.29 is 22.1 Å². The standard InChI is InChI=1S/C21H20NOP.BF4/c1-18(22-17-23)24(19-11-5-2-6-12-19,20-13-7-3-8-14-20)21-15-9-4-10-16-21;2-1(3,4)5/h2-18H,1H3;/q;-1/p+1/t18-;/m0./s1. The van der Waals surface area contributed by atoms with E-state index in [4.69, 9.17) is 0 Å². The highest BCUT2D eigenvalue weighted by molar-refractivity contribution is 7.96. The van der Waals surface area contributed by atoms with Gasteiger partial charge in [-0.25, -0.2) is 0 Å². The molecule has 3 aromatic carbocycles. The number of hydrogen-bond donors (Lipinski definition) is 1. The molecule has 3 rings (SSSR count). The van der Waals surface area contributed by atoms with Crippen molar-refractivity contribution in [2.75, 3.05) is 0 Å². The van der Waals surface area contributed by atoms with E-state index in [1.54, 1.807) is 0 Å². The number of nitrogens with one attached hydrogen (secondary N) is 1. The van der Waals surface area contributed by atoms with Gasteiger partial charge in [-0.1, -0.05) is 54.6 Å². The lowest BCUT2D eigenvalue weighted by atomic mass is 10.3. The largest absolute Gasteiger partial charge is 0.673 e. The molecule has 0 aliphatic rings. The summed E-state index contributed by atoms with van der Waals surface area (Å²) in [6, 6.07) is 31.6. The molecule has 8 heteroatoms. The van der Waals surface area contributed by atoms with Gasteiger partial charge in [0, 0.05) is 0 Å². The van der Waals surface area contributed by atoms with Crippen molar-refractivity contribution >= 4 is 36.8 Å². The van der Waals surface area contributed by atoms with Crippen molar-refractivity contribution in [1.82, 2.24) is 5.32 Å². The molecular weight excluding hydrogens is 400 g/mol. The minimum absolute atomic E-state index is 0.00204. The summed E-state index contributed by atoms with van der Waals surface area (Å²) in [4.78, 5) is 11.3. The third kappa shape index (κ3) is 5.91. The van der Waals surface area contributed by atoms with Crippen LogP contribution in [0.5, 0.6) is 0 Å². The van der Waals surface area contributed by atoms with Crippen LogP contribution in [0.15, 0.2) is 91.0 Å². The Hall–Kier alpha value is -2.66. The van der Waals surface area contributed by atoms with Crippen LogP contribution in [0.25, 0.3) is 0 Å². The number of hydrogen-bond acceptors (Lipinski definition) is 1. The van der Waals surface area contributed by atoms with E-state index in [1.807, 2.05) is 18.2 Å². The lowest BCUT2D eigenvalue weighted by Gasteiger charge is -2.32. The van der Waals surface area contributed by atoms with Gasteiger partial charge >= 0.3 is 7.25 Å².